The summed E-state index contributed by atoms with van der Waals surface area (Å²) in [7, 11) is 0. The largest absolute Gasteiger partial charge is 0.376 e. The van der Waals surface area contributed by atoms with Gasteiger partial charge in [0.1, 0.15) is 0 Å². The normalized spacial score (nSPS) is 20.3. The first-order valence-corrected chi connectivity index (χ1v) is 8.11. The van der Waals surface area contributed by atoms with Crippen molar-refractivity contribution in [1.82, 2.24) is 14.9 Å². The van der Waals surface area contributed by atoms with E-state index in [0.717, 1.165) is 18.2 Å². The van der Waals surface area contributed by atoms with Gasteiger partial charge in [-0.25, -0.2) is 4.39 Å². The van der Waals surface area contributed by atoms with Crippen molar-refractivity contribution < 1.29 is 13.9 Å². The molecule has 0 radical (unpaired) electrons. The van der Waals surface area contributed by atoms with E-state index in [1.807, 2.05) is 19.1 Å². The van der Waals surface area contributed by atoms with E-state index < -0.39 is 5.82 Å². The molecule has 0 N–H and O–H groups in total. The van der Waals surface area contributed by atoms with Crippen LogP contribution in [-0.2, 0) is 11.2 Å². The fourth-order valence-electron chi connectivity index (χ4n) is 3.19. The van der Waals surface area contributed by atoms with E-state index in [4.69, 9.17) is 4.74 Å². The third-order valence-electron chi connectivity index (χ3n) is 4.32. The van der Waals surface area contributed by atoms with Crippen LogP contribution in [0.15, 0.2) is 43.0 Å². The Kier molecular flexibility index (Phi) is 5.15. The quantitative estimate of drug-likeness (QED) is 0.846. The number of carbonyl (C=O) groups excluding carboxylic acids is 1. The second-order valence-electron chi connectivity index (χ2n) is 5.76. The van der Waals surface area contributed by atoms with Gasteiger partial charge in [0.15, 0.2) is 5.82 Å². The number of hydrogen-bond donors (Lipinski definition) is 0. The van der Waals surface area contributed by atoms with Gasteiger partial charge in [0.25, 0.3) is 5.91 Å². The topological polar surface area (TPSA) is 55.3 Å². The summed E-state index contributed by atoms with van der Waals surface area (Å²) < 4.78 is 19.8. The molecule has 0 saturated carbocycles. The summed E-state index contributed by atoms with van der Waals surface area (Å²) in [6, 6.07) is 5.16. The molecular weight excluding hydrogens is 309 g/mol. The minimum atomic E-state index is -0.593. The molecule has 24 heavy (non-hydrogen) atoms. The van der Waals surface area contributed by atoms with Gasteiger partial charge in [-0.1, -0.05) is 0 Å². The van der Waals surface area contributed by atoms with Crippen molar-refractivity contribution in [3.05, 3.63) is 59.9 Å². The lowest BCUT2D eigenvalue weighted by Gasteiger charge is -2.28. The number of pyridine rings is 2. The molecular formula is C18H20FN3O2. The molecule has 126 valence electrons. The summed E-state index contributed by atoms with van der Waals surface area (Å²) in [5.41, 5.74) is 1.14. The third-order valence-corrected chi connectivity index (χ3v) is 4.32. The number of likely N-dealkylation sites (tertiary alicyclic amines) is 1. The second kappa shape index (κ2) is 7.49. The van der Waals surface area contributed by atoms with E-state index in [9.17, 15) is 9.18 Å². The summed E-state index contributed by atoms with van der Waals surface area (Å²) in [4.78, 5) is 22.3. The molecule has 2 aromatic rings. The van der Waals surface area contributed by atoms with E-state index in [-0.39, 0.29) is 23.6 Å². The molecule has 2 atom stereocenters. The Balaban J connectivity index is 1.85. The highest BCUT2D eigenvalue weighted by Crippen LogP contribution is 2.26. The summed E-state index contributed by atoms with van der Waals surface area (Å²) in [6.07, 6.45) is 7.33. The molecule has 3 heterocycles. The lowest BCUT2D eigenvalue weighted by Crippen LogP contribution is -2.42. The number of hydrogen-bond acceptors (Lipinski definition) is 4. The van der Waals surface area contributed by atoms with Gasteiger partial charge in [0.05, 0.1) is 23.9 Å². The van der Waals surface area contributed by atoms with Gasteiger partial charge in [-0.2, -0.15) is 0 Å². The van der Waals surface area contributed by atoms with Crippen LogP contribution in [0, 0.1) is 5.82 Å². The summed E-state index contributed by atoms with van der Waals surface area (Å²) in [6.45, 7) is 3.08. The van der Waals surface area contributed by atoms with Gasteiger partial charge in [-0.05, 0) is 43.5 Å². The van der Waals surface area contributed by atoms with E-state index in [1.54, 1.807) is 17.3 Å². The van der Waals surface area contributed by atoms with Crippen molar-refractivity contribution >= 4 is 5.91 Å². The average molecular weight is 329 g/mol. The molecule has 0 unspecified atom stereocenters. The molecule has 3 rings (SSSR count). The number of nitrogens with zero attached hydrogens (tertiary/aromatic N) is 3. The van der Waals surface area contributed by atoms with Crippen molar-refractivity contribution in [2.45, 2.75) is 31.9 Å². The Bertz CT molecular complexity index is 696. The van der Waals surface area contributed by atoms with Gasteiger partial charge in [0.2, 0.25) is 0 Å². The molecule has 0 aromatic carbocycles. The molecule has 5 nitrogen and oxygen atoms in total. The Morgan fingerprint density at radius 2 is 2.04 bits per heavy atom. The standard InChI is InChI=1S/C18H20FN3O2/c1-2-24-17-6-10-22(16(17)11-13-3-7-20-8-4-13)18(23)14-5-9-21-12-15(14)19/h3-5,7-9,12,16-17H,2,6,10-11H2,1H3/t16-,17-/m1/s1. The number of aromatic nitrogens is 2. The van der Waals surface area contributed by atoms with E-state index in [1.165, 1.54) is 12.3 Å². The van der Waals surface area contributed by atoms with E-state index in [2.05, 4.69) is 9.97 Å². The van der Waals surface area contributed by atoms with Crippen LogP contribution >= 0.6 is 0 Å². The van der Waals surface area contributed by atoms with Crippen LogP contribution in [0.3, 0.4) is 0 Å². The van der Waals surface area contributed by atoms with Crippen LogP contribution < -0.4 is 0 Å². The zero-order valence-corrected chi connectivity index (χ0v) is 13.6. The monoisotopic (exact) mass is 329 g/mol. The first-order chi connectivity index (χ1) is 11.7. The molecule has 1 amide bonds. The van der Waals surface area contributed by atoms with Crippen LogP contribution in [0.5, 0.6) is 0 Å². The van der Waals surface area contributed by atoms with Crippen molar-refractivity contribution in [3.63, 3.8) is 0 Å². The van der Waals surface area contributed by atoms with Gasteiger partial charge in [-0.15, -0.1) is 0 Å². The van der Waals surface area contributed by atoms with Gasteiger partial charge >= 0.3 is 0 Å². The summed E-state index contributed by atoms with van der Waals surface area (Å²) in [5, 5.41) is 0. The average Bonchev–Trinajstić information content (AvgIpc) is 2.99. The number of ether oxygens (including phenoxy) is 1. The lowest BCUT2D eigenvalue weighted by atomic mass is 10.0. The zero-order chi connectivity index (χ0) is 16.9. The van der Waals surface area contributed by atoms with Crippen LogP contribution in [0.2, 0.25) is 0 Å². The highest BCUT2D eigenvalue weighted by Gasteiger charge is 2.38. The predicted molar refractivity (Wildman–Crippen MR) is 87.0 cm³/mol. The highest BCUT2D eigenvalue weighted by molar-refractivity contribution is 5.94. The minimum Gasteiger partial charge on any atom is -0.376 e. The van der Waals surface area contributed by atoms with Crippen molar-refractivity contribution in [1.29, 1.82) is 0 Å². The molecule has 0 bridgehead atoms. The van der Waals surface area contributed by atoms with Crippen LogP contribution in [-0.4, -0.2) is 46.1 Å². The number of amides is 1. The molecule has 1 fully saturated rings. The fourth-order valence-corrected chi connectivity index (χ4v) is 3.19. The first-order valence-electron chi connectivity index (χ1n) is 8.11. The van der Waals surface area contributed by atoms with E-state index in [0.29, 0.717) is 19.6 Å². The second-order valence-corrected chi connectivity index (χ2v) is 5.76. The zero-order valence-electron chi connectivity index (χ0n) is 13.6. The number of carbonyl (C=O) groups is 1. The van der Waals surface area contributed by atoms with Gasteiger partial charge in [-0.3, -0.25) is 14.8 Å². The Hall–Kier alpha value is -2.34. The Labute approximate surface area is 140 Å². The summed E-state index contributed by atoms with van der Waals surface area (Å²) >= 11 is 0. The maximum atomic E-state index is 13.9. The maximum Gasteiger partial charge on any atom is 0.257 e. The predicted octanol–water partition coefficient (Wildman–Crippen LogP) is 2.48. The molecule has 2 aromatic heterocycles. The minimum absolute atomic E-state index is 0.0444. The molecule has 1 aliphatic heterocycles. The lowest BCUT2D eigenvalue weighted by molar-refractivity contribution is 0.0310. The smallest absolute Gasteiger partial charge is 0.257 e. The molecule has 0 aliphatic carbocycles. The molecule has 1 aliphatic rings. The van der Waals surface area contributed by atoms with Crippen molar-refractivity contribution in [3.8, 4) is 0 Å². The molecule has 0 spiro atoms. The van der Waals surface area contributed by atoms with E-state index >= 15 is 0 Å². The van der Waals surface area contributed by atoms with Crippen LogP contribution in [0.4, 0.5) is 4.39 Å². The Morgan fingerprint density at radius 1 is 1.29 bits per heavy atom. The first kappa shape index (κ1) is 16.5. The third kappa shape index (κ3) is 3.43. The number of halogens is 1. The fraction of sp³-hybridized carbons (Fsp3) is 0.389. The van der Waals surface area contributed by atoms with Crippen molar-refractivity contribution in [2.75, 3.05) is 13.2 Å². The molecule has 1 saturated heterocycles. The maximum absolute atomic E-state index is 13.9. The molecule has 6 heteroatoms. The summed E-state index contributed by atoms with van der Waals surface area (Å²) in [5.74, 6) is -0.902. The Morgan fingerprint density at radius 3 is 2.75 bits per heavy atom. The SMILES string of the molecule is CCO[C@@H]1CCN(C(=O)c2ccncc2F)[C@@H]1Cc1ccncc1. The van der Waals surface area contributed by atoms with Gasteiger partial charge in [0, 0.05) is 31.7 Å². The highest BCUT2D eigenvalue weighted by atomic mass is 19.1. The van der Waals surface area contributed by atoms with Gasteiger partial charge < -0.3 is 9.64 Å². The van der Waals surface area contributed by atoms with Crippen molar-refractivity contribution in [2.24, 2.45) is 0 Å². The van der Waals surface area contributed by atoms with Crippen LogP contribution in [0.25, 0.3) is 0 Å². The number of rotatable bonds is 5. The van der Waals surface area contributed by atoms with Crippen LogP contribution in [0.1, 0.15) is 29.3 Å².